The zero-order chi connectivity index (χ0) is 41.3. The summed E-state index contributed by atoms with van der Waals surface area (Å²) in [7, 11) is 1.88. The smallest absolute Gasteiger partial charge is 0.159 e. The second kappa shape index (κ2) is 13.6. The van der Waals surface area contributed by atoms with Crippen LogP contribution in [-0.4, -0.2) is 57.8 Å². The Morgan fingerprint density at radius 2 is 1.79 bits per heavy atom. The number of hydrogen-bond acceptors (Lipinski definition) is 8. The van der Waals surface area contributed by atoms with Crippen molar-refractivity contribution in [1.82, 2.24) is 5.32 Å². The first-order valence-electron chi connectivity index (χ1n) is 22.3. The van der Waals surface area contributed by atoms with Gasteiger partial charge in [-0.3, -0.25) is 9.59 Å². The Labute approximate surface area is 345 Å². The van der Waals surface area contributed by atoms with Crippen molar-refractivity contribution in [3.63, 3.8) is 0 Å². The number of nitrogen functional groups attached to an aromatic ring is 1. The summed E-state index contributed by atoms with van der Waals surface area (Å²) in [6.07, 6.45) is 9.72. The van der Waals surface area contributed by atoms with Gasteiger partial charge in [0.2, 0.25) is 0 Å². The fraction of sp³-hybridized carbons (Fsp3) is 0.640. The average Bonchev–Trinajstić information content (AvgIpc) is 3.53. The molecule has 2 bridgehead atoms. The Kier molecular flexibility index (Phi) is 9.41. The van der Waals surface area contributed by atoms with Crippen molar-refractivity contribution in [1.29, 1.82) is 0 Å². The van der Waals surface area contributed by atoms with Gasteiger partial charge in [-0.2, -0.15) is 0 Å². The monoisotopic (exact) mass is 790 g/mol. The van der Waals surface area contributed by atoms with E-state index >= 15 is 0 Å². The molecule has 1 aliphatic heterocycles. The molecule has 6 N–H and O–H groups in total. The zero-order valence-electron chi connectivity index (χ0n) is 35.7. The lowest BCUT2D eigenvalue weighted by atomic mass is 9.33. The molecule has 15 atom stereocenters. The van der Waals surface area contributed by atoms with Crippen molar-refractivity contribution >= 4 is 17.3 Å². The first-order chi connectivity index (χ1) is 27.4. The van der Waals surface area contributed by atoms with E-state index in [9.17, 15) is 24.9 Å². The Balaban J connectivity index is 1.01. The highest BCUT2D eigenvalue weighted by molar-refractivity contribution is 6.00. The molecule has 7 aliphatic carbocycles. The number of nitrogens with two attached hydrogens (primary N) is 1. The van der Waals surface area contributed by atoms with Crippen LogP contribution >= 0.6 is 0 Å². The fourth-order valence-electron chi connectivity index (χ4n) is 15.6. The van der Waals surface area contributed by atoms with Gasteiger partial charge in [-0.1, -0.05) is 77.0 Å². The van der Waals surface area contributed by atoms with Crippen LogP contribution in [0, 0.1) is 51.2 Å². The van der Waals surface area contributed by atoms with E-state index in [2.05, 4.69) is 77.2 Å². The van der Waals surface area contributed by atoms with E-state index in [4.69, 9.17) is 10.5 Å². The number of ketones is 2. The van der Waals surface area contributed by atoms with Gasteiger partial charge in [0.05, 0.1) is 23.7 Å². The van der Waals surface area contributed by atoms with E-state index < -0.39 is 45.4 Å². The number of epoxide rings is 1. The Hall–Kier alpha value is -3.30. The number of fused-ring (bicyclic) bond motifs is 5. The first kappa shape index (κ1) is 40.1. The highest BCUT2D eigenvalue weighted by atomic mass is 16.6. The van der Waals surface area contributed by atoms with Gasteiger partial charge >= 0.3 is 0 Å². The van der Waals surface area contributed by atoms with Crippen molar-refractivity contribution in [3.8, 4) is 5.75 Å². The lowest BCUT2D eigenvalue weighted by molar-refractivity contribution is -0.231. The number of aromatic hydroxyl groups is 1. The molecule has 5 fully saturated rings. The van der Waals surface area contributed by atoms with Crippen molar-refractivity contribution in [2.24, 2.45) is 51.2 Å². The molecule has 0 spiro atoms. The summed E-state index contributed by atoms with van der Waals surface area (Å²) in [5, 5.41) is 38.5. The van der Waals surface area contributed by atoms with E-state index in [1.165, 1.54) is 11.1 Å². The van der Waals surface area contributed by atoms with Crippen LogP contribution in [0.25, 0.3) is 0 Å². The number of hydrogen-bond donors (Lipinski definition) is 5. The van der Waals surface area contributed by atoms with Gasteiger partial charge in [0.25, 0.3) is 0 Å². The summed E-state index contributed by atoms with van der Waals surface area (Å²) < 4.78 is 6.47. The number of Topliss-reactive ketones (excluding diaryl/α,β-unsaturated/α-hetero) is 2. The number of allylic oxidation sites excluding steroid dienone is 4. The molecule has 1 saturated heterocycles. The average molecular weight is 791 g/mol. The minimum atomic E-state index is -0.775. The van der Waals surface area contributed by atoms with E-state index in [1.54, 1.807) is 12.1 Å². The van der Waals surface area contributed by atoms with Gasteiger partial charge in [-0.15, -0.1) is 0 Å². The molecule has 312 valence electrons. The van der Waals surface area contributed by atoms with Gasteiger partial charge in [-0.05, 0) is 146 Å². The van der Waals surface area contributed by atoms with Crippen LogP contribution < -0.4 is 11.1 Å². The van der Waals surface area contributed by atoms with Gasteiger partial charge < -0.3 is 31.1 Å². The number of carbonyl (C=O) groups is 2. The lowest BCUT2D eigenvalue weighted by Crippen LogP contribution is -2.69. The molecule has 1 heterocycles. The molecule has 58 heavy (non-hydrogen) atoms. The van der Waals surface area contributed by atoms with E-state index in [-0.39, 0.29) is 47.1 Å². The molecular weight excluding hydrogens is 725 g/mol. The molecule has 4 saturated carbocycles. The number of benzene rings is 2. The van der Waals surface area contributed by atoms with E-state index in [0.29, 0.717) is 44.1 Å². The van der Waals surface area contributed by atoms with Crippen LogP contribution in [0.5, 0.6) is 5.75 Å². The minimum absolute atomic E-state index is 0.131. The number of phenols is 1. The maximum Gasteiger partial charge on any atom is 0.159 e. The first-order valence-corrected chi connectivity index (χ1v) is 22.3. The topological polar surface area (TPSA) is 145 Å². The third kappa shape index (κ3) is 5.52. The van der Waals surface area contributed by atoms with E-state index in [1.807, 2.05) is 19.2 Å². The van der Waals surface area contributed by atoms with Gasteiger partial charge in [-0.25, -0.2) is 0 Å². The third-order valence-corrected chi connectivity index (χ3v) is 18.1. The van der Waals surface area contributed by atoms with Crippen molar-refractivity contribution in [2.75, 3.05) is 12.8 Å². The van der Waals surface area contributed by atoms with Gasteiger partial charge in [0.15, 0.2) is 5.78 Å². The number of rotatable bonds is 9. The summed E-state index contributed by atoms with van der Waals surface area (Å²) in [4.78, 5) is 29.4. The maximum atomic E-state index is 14.9. The van der Waals surface area contributed by atoms with Crippen LogP contribution in [0.2, 0.25) is 0 Å². The number of aliphatic hydroxyl groups excluding tert-OH is 2. The molecular formula is C50H66N2O6. The standard InChI is InChI=1S/C50H66N2O6/c1-27(19-37(54)45-50(6,58-45)34-14-9-13-33(34)29-11-8-12-31(51)22-29)41-35-16-17-40-48(4,47(35,3)24-38(41)55)25-39(56)43-46(2)18-10-15-36(49(40,43)5)42(44(46)57)30-20-28(26-52-7)21-32(53)23-30/h8,10-12,15,20-23,27,33-34,36-37,39-40,42-43,45,52-54,56H,9,13-14,16-19,24-26,51H2,1-7H3/t27-,33-,34-,36-,37-,39+,40-,42-,43-,45+,46+,47+,48+,49+,50-/m1/s1. The molecule has 0 radical (unpaired) electrons. The third-order valence-electron chi connectivity index (χ3n) is 18.1. The highest BCUT2D eigenvalue weighted by Gasteiger charge is 2.74. The quantitative estimate of drug-likeness (QED) is 0.0973. The molecule has 0 unspecified atom stereocenters. The molecule has 8 nitrogen and oxygen atoms in total. The predicted octanol–water partition coefficient (Wildman–Crippen LogP) is 8.15. The molecule has 2 aromatic carbocycles. The normalized spacial score (nSPS) is 43.8. The number of aliphatic hydroxyl groups is 2. The molecule has 2 aromatic rings. The maximum absolute atomic E-state index is 14.9. The minimum Gasteiger partial charge on any atom is -0.508 e. The Morgan fingerprint density at radius 1 is 1.02 bits per heavy atom. The second-order valence-corrected chi connectivity index (χ2v) is 21.1. The number of carbonyl (C=O) groups excluding carboxylic acids is 2. The molecule has 0 amide bonds. The number of ether oxygens (including phenoxy) is 1. The van der Waals surface area contributed by atoms with Crippen molar-refractivity contribution in [3.05, 3.63) is 82.5 Å². The van der Waals surface area contributed by atoms with Gasteiger partial charge in [0.1, 0.15) is 17.6 Å². The molecule has 8 heteroatoms. The molecule has 0 aromatic heterocycles. The van der Waals surface area contributed by atoms with Crippen LogP contribution in [0.15, 0.2) is 65.8 Å². The summed E-state index contributed by atoms with van der Waals surface area (Å²) in [5.74, 6) is 0.305. The Morgan fingerprint density at radius 3 is 2.53 bits per heavy atom. The predicted molar refractivity (Wildman–Crippen MR) is 226 cm³/mol. The van der Waals surface area contributed by atoms with Crippen molar-refractivity contribution in [2.45, 2.75) is 142 Å². The highest BCUT2D eigenvalue weighted by Crippen LogP contribution is 2.77. The largest absolute Gasteiger partial charge is 0.508 e. The number of anilines is 1. The van der Waals surface area contributed by atoms with Crippen LogP contribution in [-0.2, 0) is 20.9 Å². The summed E-state index contributed by atoms with van der Waals surface area (Å²) >= 11 is 0. The fourth-order valence-corrected chi connectivity index (χ4v) is 15.6. The summed E-state index contributed by atoms with van der Waals surface area (Å²) in [5.41, 5.74) is 9.59. The molecule has 8 aliphatic rings. The second-order valence-electron chi connectivity index (χ2n) is 21.1. The van der Waals surface area contributed by atoms with Crippen molar-refractivity contribution < 1.29 is 29.6 Å². The zero-order valence-corrected chi connectivity index (χ0v) is 35.7. The van der Waals surface area contributed by atoms with Crippen LogP contribution in [0.3, 0.4) is 0 Å². The lowest BCUT2D eigenvalue weighted by Gasteiger charge is -2.71. The Bertz CT molecular complexity index is 2090. The van der Waals surface area contributed by atoms with E-state index in [0.717, 1.165) is 54.5 Å². The summed E-state index contributed by atoms with van der Waals surface area (Å²) in [6.45, 7) is 13.9. The summed E-state index contributed by atoms with van der Waals surface area (Å²) in [6, 6.07) is 13.8. The number of nitrogens with one attached hydrogen (secondary N) is 1. The van der Waals surface area contributed by atoms with Gasteiger partial charge in [0, 0.05) is 35.4 Å². The van der Waals surface area contributed by atoms with Crippen LogP contribution in [0.1, 0.15) is 128 Å². The number of phenolic OH excluding ortho intramolecular Hbond substituents is 1. The van der Waals surface area contributed by atoms with Crippen LogP contribution in [0.4, 0.5) is 5.69 Å². The SMILES string of the molecule is CNCc1cc(O)cc([C@H]2C(=O)[C@@]3(C)CC=C[C@H]2[C@@]2(C)[C@@H]4CCC5=C([C@H](C)C[C@@H](O)[C@@H]6O[C@]6(C)[C@@H]6CCC[C@@H]6c6cccc(N)c6)C(=O)C[C@]5(C)[C@@]4(C)C[C@H](O)[C@@H]23)c1. The molecule has 10 rings (SSSR count).